The summed E-state index contributed by atoms with van der Waals surface area (Å²) in [6, 6.07) is 9.69. The van der Waals surface area contributed by atoms with Crippen molar-refractivity contribution in [1.82, 2.24) is 4.90 Å². The van der Waals surface area contributed by atoms with Gasteiger partial charge in [0.25, 0.3) is 0 Å². The third-order valence-corrected chi connectivity index (χ3v) is 4.10. The van der Waals surface area contributed by atoms with Gasteiger partial charge in [0.05, 0.1) is 0 Å². The molecule has 0 aliphatic rings. The molecule has 0 aliphatic carbocycles. The first kappa shape index (κ1) is 14.7. The topological polar surface area (TPSA) is 32.8 Å². The molecule has 5 heteroatoms. The second-order valence-corrected chi connectivity index (χ2v) is 10.2. The third kappa shape index (κ3) is 4.16. The van der Waals surface area contributed by atoms with Gasteiger partial charge in [-0.25, -0.2) is 4.79 Å². The lowest BCUT2D eigenvalue weighted by Crippen LogP contribution is -2.50. The maximum atomic E-state index is 12.2. The predicted octanol–water partition coefficient (Wildman–Crippen LogP) is 2.98. The molecule has 4 nitrogen and oxygen atoms in total. The van der Waals surface area contributed by atoms with E-state index >= 15 is 0 Å². The maximum Gasteiger partial charge on any atom is 0.407 e. The van der Waals surface area contributed by atoms with Gasteiger partial charge >= 0.3 is 6.09 Å². The summed E-state index contributed by atoms with van der Waals surface area (Å²) in [5.74, 6) is 0. The van der Waals surface area contributed by atoms with E-state index in [1.54, 1.807) is 4.57 Å². The molecule has 18 heavy (non-hydrogen) atoms. The molecule has 0 radical (unpaired) electrons. The Morgan fingerprint density at radius 3 is 2.17 bits per heavy atom. The summed E-state index contributed by atoms with van der Waals surface area (Å²) in [5.41, 5.74) is 0.903. The molecule has 0 aliphatic heterocycles. The number of carbonyl (C=O) groups is 1. The predicted molar refractivity (Wildman–Crippen MR) is 77.3 cm³/mol. The Morgan fingerprint density at radius 2 is 1.72 bits per heavy atom. The number of ether oxygens (including phenoxy) is 1. The van der Waals surface area contributed by atoms with E-state index in [9.17, 15) is 4.79 Å². The van der Waals surface area contributed by atoms with Crippen LogP contribution in [0.5, 0.6) is 0 Å². The van der Waals surface area contributed by atoms with Gasteiger partial charge in [-0.3, -0.25) is 4.90 Å². The van der Waals surface area contributed by atoms with Crippen molar-refractivity contribution in [2.24, 2.45) is 0 Å². The molecule has 1 amide bonds. The Labute approximate surface area is 110 Å². The highest BCUT2D eigenvalue weighted by Crippen LogP contribution is 2.22. The van der Waals surface area contributed by atoms with Gasteiger partial charge in [-0.05, 0) is 26.2 Å². The minimum Gasteiger partial charge on any atom is -0.434 e. The van der Waals surface area contributed by atoms with Crippen molar-refractivity contribution in [3.05, 3.63) is 30.3 Å². The first-order valence-corrected chi connectivity index (χ1v) is 9.44. The molecule has 1 rings (SSSR count). The van der Waals surface area contributed by atoms with Gasteiger partial charge in [0, 0.05) is 5.69 Å². The van der Waals surface area contributed by atoms with Crippen molar-refractivity contribution in [2.75, 3.05) is 25.4 Å². The number of para-hydroxylation sites is 1. The van der Waals surface area contributed by atoms with Crippen molar-refractivity contribution in [3.63, 3.8) is 0 Å². The Kier molecular flexibility index (Phi) is 4.92. The van der Waals surface area contributed by atoms with Gasteiger partial charge in [-0.2, -0.15) is 0 Å². The number of carbonyl (C=O) groups excluding carboxylic acids is 1. The summed E-state index contributed by atoms with van der Waals surface area (Å²) < 4.78 is 7.10. The van der Waals surface area contributed by atoms with Crippen molar-refractivity contribution in [1.29, 1.82) is 0 Å². The molecule has 0 heterocycles. The molecule has 0 N–H and O–H groups in total. The molecule has 0 atom stereocenters. The minimum absolute atomic E-state index is 0.269. The number of anilines is 1. The van der Waals surface area contributed by atoms with Crippen molar-refractivity contribution in [2.45, 2.75) is 19.6 Å². The van der Waals surface area contributed by atoms with Gasteiger partial charge in [0.15, 0.2) is 8.24 Å². The molecule has 0 bridgehead atoms. The average molecular weight is 266 g/mol. The highest BCUT2D eigenvalue weighted by molar-refractivity contribution is 6.82. The Bertz CT molecular complexity index is 388. The molecule has 0 spiro atoms. The van der Waals surface area contributed by atoms with Crippen LogP contribution in [0, 0.1) is 0 Å². The molecular weight excluding hydrogens is 244 g/mol. The van der Waals surface area contributed by atoms with Crippen LogP contribution in [0.15, 0.2) is 30.3 Å². The van der Waals surface area contributed by atoms with Gasteiger partial charge < -0.3 is 9.30 Å². The van der Waals surface area contributed by atoms with E-state index in [0.29, 0.717) is 6.73 Å². The molecular formula is C13H22N2O2Si. The monoisotopic (exact) mass is 266 g/mol. The normalized spacial score (nSPS) is 11.4. The van der Waals surface area contributed by atoms with Gasteiger partial charge in [-0.15, -0.1) is 0 Å². The van der Waals surface area contributed by atoms with Crippen LogP contribution in [-0.4, -0.2) is 40.1 Å². The molecule has 0 aromatic heterocycles. The maximum absolute atomic E-state index is 12.2. The lowest BCUT2D eigenvalue weighted by molar-refractivity contribution is 0.104. The Morgan fingerprint density at radius 1 is 1.17 bits per heavy atom. The Balaban J connectivity index is 2.90. The molecule has 100 valence electrons. The standard InChI is InChI=1S/C13H22N2O2Si/c1-14(2)11-17-13(16)15(18(3,4)5)12-9-7-6-8-10-12/h6-10H,11H2,1-5H3. The summed E-state index contributed by atoms with van der Waals surface area (Å²) in [4.78, 5) is 14.0. The first-order valence-electron chi connectivity index (χ1n) is 5.99. The SMILES string of the molecule is CN(C)COC(=O)N(c1ccccc1)[Si](C)(C)C. The summed E-state index contributed by atoms with van der Waals surface area (Å²) >= 11 is 0. The lowest BCUT2D eigenvalue weighted by Gasteiger charge is -2.33. The van der Waals surface area contributed by atoms with E-state index in [4.69, 9.17) is 4.74 Å². The fraction of sp³-hybridized carbons (Fsp3) is 0.462. The second kappa shape index (κ2) is 6.02. The van der Waals surface area contributed by atoms with Crippen LogP contribution in [0.2, 0.25) is 19.6 Å². The zero-order chi connectivity index (χ0) is 13.8. The van der Waals surface area contributed by atoms with Crippen LogP contribution in [-0.2, 0) is 4.74 Å². The smallest absolute Gasteiger partial charge is 0.407 e. The van der Waals surface area contributed by atoms with Gasteiger partial charge in [-0.1, -0.05) is 37.8 Å². The van der Waals surface area contributed by atoms with Crippen molar-refractivity contribution >= 4 is 20.0 Å². The summed E-state index contributed by atoms with van der Waals surface area (Å²) in [6.45, 7) is 6.66. The molecule has 0 saturated carbocycles. The number of rotatable bonds is 4. The number of amides is 1. The van der Waals surface area contributed by atoms with Crippen molar-refractivity contribution in [3.8, 4) is 0 Å². The molecule has 1 aromatic rings. The van der Waals surface area contributed by atoms with Crippen LogP contribution < -0.4 is 4.57 Å². The molecule has 1 aromatic carbocycles. The van der Waals surface area contributed by atoms with Crippen LogP contribution in [0.25, 0.3) is 0 Å². The van der Waals surface area contributed by atoms with E-state index in [1.165, 1.54) is 0 Å². The number of benzene rings is 1. The third-order valence-electron chi connectivity index (χ3n) is 2.31. The van der Waals surface area contributed by atoms with Gasteiger partial charge in [0.2, 0.25) is 0 Å². The summed E-state index contributed by atoms with van der Waals surface area (Å²) in [7, 11) is 1.92. The number of hydrogen-bond acceptors (Lipinski definition) is 3. The first-order chi connectivity index (χ1) is 8.32. The van der Waals surface area contributed by atoms with E-state index < -0.39 is 8.24 Å². The largest absolute Gasteiger partial charge is 0.434 e. The summed E-state index contributed by atoms with van der Waals surface area (Å²) in [6.07, 6.45) is -0.269. The fourth-order valence-electron chi connectivity index (χ4n) is 1.59. The van der Waals surface area contributed by atoms with E-state index in [-0.39, 0.29) is 6.09 Å². The quantitative estimate of drug-likeness (QED) is 0.620. The zero-order valence-corrected chi connectivity index (χ0v) is 12.8. The number of hydrogen-bond donors (Lipinski definition) is 0. The average Bonchev–Trinajstić information content (AvgIpc) is 2.26. The van der Waals surface area contributed by atoms with Crippen LogP contribution in [0.3, 0.4) is 0 Å². The van der Waals surface area contributed by atoms with Crippen LogP contribution in [0.4, 0.5) is 10.5 Å². The van der Waals surface area contributed by atoms with Crippen molar-refractivity contribution < 1.29 is 9.53 Å². The fourth-order valence-corrected chi connectivity index (χ4v) is 3.13. The lowest BCUT2D eigenvalue weighted by atomic mass is 10.3. The van der Waals surface area contributed by atoms with Crippen LogP contribution >= 0.6 is 0 Å². The molecule has 0 saturated heterocycles. The van der Waals surface area contributed by atoms with E-state index in [0.717, 1.165) is 5.69 Å². The zero-order valence-electron chi connectivity index (χ0n) is 11.8. The van der Waals surface area contributed by atoms with Gasteiger partial charge in [0.1, 0.15) is 6.73 Å². The molecule has 0 fully saturated rings. The minimum atomic E-state index is -1.82. The highest BCUT2D eigenvalue weighted by Gasteiger charge is 2.31. The number of nitrogens with zero attached hydrogens (tertiary/aromatic N) is 2. The van der Waals surface area contributed by atoms with E-state index in [1.807, 2.05) is 49.3 Å². The van der Waals surface area contributed by atoms with Crippen LogP contribution in [0.1, 0.15) is 0 Å². The summed E-state index contributed by atoms with van der Waals surface area (Å²) in [5, 5.41) is 0. The second-order valence-electron chi connectivity index (χ2n) is 5.46. The van der Waals surface area contributed by atoms with E-state index in [2.05, 4.69) is 19.6 Å². The Hall–Kier alpha value is -1.33. The molecule has 0 unspecified atom stereocenters. The highest BCUT2D eigenvalue weighted by atomic mass is 28.3.